The van der Waals surface area contributed by atoms with Crippen LogP contribution in [0.2, 0.25) is 0 Å². The lowest BCUT2D eigenvalue weighted by atomic mass is 9.69. The van der Waals surface area contributed by atoms with Gasteiger partial charge in [-0.3, -0.25) is 14.9 Å². The van der Waals surface area contributed by atoms with E-state index >= 15 is 0 Å². The van der Waals surface area contributed by atoms with E-state index < -0.39 is 4.92 Å². The van der Waals surface area contributed by atoms with Crippen LogP contribution in [0.1, 0.15) is 50.4 Å². The van der Waals surface area contributed by atoms with Crippen LogP contribution in [0.4, 0.5) is 5.69 Å². The molecule has 0 aliphatic heterocycles. The number of benzene rings is 1. The number of amides is 1. The summed E-state index contributed by atoms with van der Waals surface area (Å²) in [4.78, 5) is 24.0. The quantitative estimate of drug-likeness (QED) is 0.501. The maximum Gasteiger partial charge on any atom is 0.283 e. The molecule has 0 aromatic heterocycles. The number of fused-ring (bicyclic) bond motifs is 2. The molecule has 2 aliphatic carbocycles. The van der Waals surface area contributed by atoms with Gasteiger partial charge in [0, 0.05) is 17.7 Å². The summed E-state index contributed by atoms with van der Waals surface area (Å²) in [5.41, 5.74) is 0.677. The Labute approximate surface area is 146 Å². The molecule has 24 heavy (non-hydrogen) atoms. The Morgan fingerprint density at radius 1 is 1.38 bits per heavy atom. The summed E-state index contributed by atoms with van der Waals surface area (Å²) in [5, 5.41) is 14.4. The number of thioether (sulfide) groups is 1. The maximum atomic E-state index is 12.7. The van der Waals surface area contributed by atoms with Crippen LogP contribution >= 0.6 is 11.8 Å². The Morgan fingerprint density at radius 2 is 2.08 bits per heavy atom. The fourth-order valence-corrected chi connectivity index (χ4v) is 5.18. The third-order valence-electron chi connectivity index (χ3n) is 6.74. The van der Waals surface area contributed by atoms with Crippen molar-refractivity contribution in [1.82, 2.24) is 5.32 Å². The van der Waals surface area contributed by atoms with Crippen LogP contribution in [0.25, 0.3) is 0 Å². The lowest BCUT2D eigenvalue weighted by Crippen LogP contribution is -2.46. The van der Waals surface area contributed by atoms with Crippen molar-refractivity contribution in [3.63, 3.8) is 0 Å². The van der Waals surface area contributed by atoms with E-state index in [1.807, 2.05) is 0 Å². The first-order chi connectivity index (χ1) is 11.2. The minimum atomic E-state index is -0.426. The fourth-order valence-electron chi connectivity index (χ4n) is 4.64. The highest BCUT2D eigenvalue weighted by Crippen LogP contribution is 2.65. The van der Waals surface area contributed by atoms with E-state index in [2.05, 4.69) is 26.1 Å². The van der Waals surface area contributed by atoms with E-state index in [-0.39, 0.29) is 28.5 Å². The average Bonchev–Trinajstić information content (AvgIpc) is 2.87. The van der Waals surface area contributed by atoms with E-state index in [9.17, 15) is 14.9 Å². The SMILES string of the molecule is CSc1ccc(C(=O)NC2CC3CCC2(C)C3(C)C)cc1[N+](=O)[O-]. The summed E-state index contributed by atoms with van der Waals surface area (Å²) in [6.45, 7) is 6.87. The zero-order valence-corrected chi connectivity index (χ0v) is 15.4. The molecule has 1 amide bonds. The van der Waals surface area contributed by atoms with Gasteiger partial charge in [-0.05, 0) is 54.4 Å². The van der Waals surface area contributed by atoms with Gasteiger partial charge in [0.15, 0.2) is 0 Å². The number of hydrogen-bond acceptors (Lipinski definition) is 4. The van der Waals surface area contributed by atoms with Crippen molar-refractivity contribution in [3.05, 3.63) is 33.9 Å². The summed E-state index contributed by atoms with van der Waals surface area (Å²) in [5.74, 6) is 0.432. The molecule has 130 valence electrons. The standard InChI is InChI=1S/C18H24N2O3S/c1-17(2)12-7-8-18(17,3)15(10-12)19-16(21)11-5-6-14(24-4)13(9-11)20(22)23/h5-6,9,12,15H,7-8,10H2,1-4H3,(H,19,21). The van der Waals surface area contributed by atoms with Crippen molar-refractivity contribution in [2.24, 2.45) is 16.7 Å². The Balaban J connectivity index is 1.82. The van der Waals surface area contributed by atoms with Gasteiger partial charge in [-0.15, -0.1) is 11.8 Å². The number of nitro groups is 1. The normalized spacial score (nSPS) is 30.3. The molecule has 2 aliphatic rings. The minimum Gasteiger partial charge on any atom is -0.349 e. The van der Waals surface area contributed by atoms with E-state index in [0.29, 0.717) is 16.4 Å². The summed E-state index contributed by atoms with van der Waals surface area (Å²) < 4.78 is 0. The molecule has 1 aromatic carbocycles. The van der Waals surface area contributed by atoms with Crippen LogP contribution in [0.3, 0.4) is 0 Å². The summed E-state index contributed by atoms with van der Waals surface area (Å²) in [7, 11) is 0. The van der Waals surface area contributed by atoms with Crippen molar-refractivity contribution in [2.75, 3.05) is 6.26 Å². The minimum absolute atomic E-state index is 0.00497. The summed E-state index contributed by atoms with van der Waals surface area (Å²) >= 11 is 1.31. The van der Waals surface area contributed by atoms with E-state index in [0.717, 1.165) is 12.8 Å². The molecule has 1 aromatic rings. The van der Waals surface area contributed by atoms with Crippen LogP contribution in [0, 0.1) is 26.9 Å². The van der Waals surface area contributed by atoms with Gasteiger partial charge in [-0.25, -0.2) is 0 Å². The summed E-state index contributed by atoms with van der Waals surface area (Å²) in [6, 6.07) is 4.86. The first-order valence-corrected chi connectivity index (χ1v) is 9.56. The number of carbonyl (C=O) groups excluding carboxylic acids is 1. The Bertz CT molecular complexity index is 704. The molecule has 3 atom stereocenters. The highest BCUT2D eigenvalue weighted by atomic mass is 32.2. The van der Waals surface area contributed by atoms with Crippen molar-refractivity contribution in [2.45, 2.75) is 51.0 Å². The fraction of sp³-hybridized carbons (Fsp3) is 0.611. The molecule has 0 spiro atoms. The number of nitro benzene ring substituents is 1. The first-order valence-electron chi connectivity index (χ1n) is 8.34. The molecule has 2 saturated carbocycles. The van der Waals surface area contributed by atoms with Gasteiger partial charge >= 0.3 is 0 Å². The second kappa shape index (κ2) is 5.76. The van der Waals surface area contributed by atoms with Crippen molar-refractivity contribution < 1.29 is 9.72 Å². The van der Waals surface area contributed by atoms with Crippen molar-refractivity contribution in [3.8, 4) is 0 Å². The third-order valence-corrected chi connectivity index (χ3v) is 7.52. The van der Waals surface area contributed by atoms with Crippen molar-refractivity contribution in [1.29, 1.82) is 0 Å². The van der Waals surface area contributed by atoms with Gasteiger partial charge in [-0.1, -0.05) is 20.8 Å². The predicted octanol–water partition coefficient (Wildman–Crippen LogP) is 4.26. The molecule has 2 bridgehead atoms. The second-order valence-corrected chi connectivity index (χ2v) is 8.63. The second-order valence-electron chi connectivity index (χ2n) is 7.78. The first kappa shape index (κ1) is 17.3. The molecule has 0 heterocycles. The highest BCUT2D eigenvalue weighted by molar-refractivity contribution is 7.98. The predicted molar refractivity (Wildman–Crippen MR) is 95.4 cm³/mol. The molecular weight excluding hydrogens is 324 g/mol. The van der Waals surface area contributed by atoms with Crippen LogP contribution in [0.5, 0.6) is 0 Å². The Kier molecular flexibility index (Phi) is 4.14. The molecule has 6 heteroatoms. The van der Waals surface area contributed by atoms with Crippen molar-refractivity contribution >= 4 is 23.4 Å². The number of nitrogens with zero attached hydrogens (tertiary/aromatic N) is 1. The zero-order valence-electron chi connectivity index (χ0n) is 14.6. The third kappa shape index (κ3) is 2.42. The van der Waals surface area contributed by atoms with Crippen LogP contribution in [0.15, 0.2) is 23.1 Å². The van der Waals surface area contributed by atoms with Crippen LogP contribution in [-0.4, -0.2) is 23.1 Å². The van der Waals surface area contributed by atoms with Gasteiger partial charge in [0.25, 0.3) is 11.6 Å². The molecule has 0 saturated heterocycles. The van der Waals surface area contributed by atoms with E-state index in [1.165, 1.54) is 24.2 Å². The smallest absolute Gasteiger partial charge is 0.283 e. The molecule has 3 rings (SSSR count). The molecular formula is C18H24N2O3S. The van der Waals surface area contributed by atoms with Crippen LogP contribution < -0.4 is 5.32 Å². The van der Waals surface area contributed by atoms with Gasteiger partial charge in [0.1, 0.15) is 0 Å². The maximum absolute atomic E-state index is 12.7. The molecule has 0 radical (unpaired) electrons. The van der Waals surface area contributed by atoms with E-state index in [4.69, 9.17) is 0 Å². The number of nitrogens with one attached hydrogen (secondary N) is 1. The lowest BCUT2D eigenvalue weighted by Gasteiger charge is -2.39. The van der Waals surface area contributed by atoms with Gasteiger partial charge in [0.05, 0.1) is 9.82 Å². The summed E-state index contributed by atoms with van der Waals surface area (Å²) in [6.07, 6.45) is 5.14. The Morgan fingerprint density at radius 3 is 2.58 bits per heavy atom. The molecule has 5 nitrogen and oxygen atoms in total. The number of carbonyl (C=O) groups is 1. The van der Waals surface area contributed by atoms with Gasteiger partial charge in [0.2, 0.25) is 0 Å². The zero-order chi connectivity index (χ0) is 17.7. The molecule has 3 unspecified atom stereocenters. The van der Waals surface area contributed by atoms with E-state index in [1.54, 1.807) is 18.4 Å². The largest absolute Gasteiger partial charge is 0.349 e. The van der Waals surface area contributed by atoms with Gasteiger partial charge < -0.3 is 5.32 Å². The monoisotopic (exact) mass is 348 g/mol. The van der Waals surface area contributed by atoms with Crippen LogP contribution in [-0.2, 0) is 0 Å². The average molecular weight is 348 g/mol. The molecule has 1 N–H and O–H groups in total. The number of hydrogen-bond donors (Lipinski definition) is 1. The Hall–Kier alpha value is -1.56. The van der Waals surface area contributed by atoms with Gasteiger partial charge in [-0.2, -0.15) is 0 Å². The number of rotatable bonds is 4. The topological polar surface area (TPSA) is 72.2 Å². The lowest BCUT2D eigenvalue weighted by molar-refractivity contribution is -0.387. The molecule has 2 fully saturated rings. The highest BCUT2D eigenvalue weighted by Gasteiger charge is 2.61.